The van der Waals surface area contributed by atoms with E-state index in [4.69, 9.17) is 14.2 Å². The van der Waals surface area contributed by atoms with E-state index in [-0.39, 0.29) is 30.1 Å². The first-order valence-corrected chi connectivity index (χ1v) is 22.2. The van der Waals surface area contributed by atoms with Crippen LogP contribution in [0.25, 0.3) is 0 Å². The van der Waals surface area contributed by atoms with Crippen LogP contribution in [0.15, 0.2) is 60.7 Å². The van der Waals surface area contributed by atoms with E-state index in [1.165, 1.54) is 97.0 Å². The number of hydrogen-bond acceptors (Lipinski definition) is 6. The Kier molecular flexibility index (Phi) is 46.4. The molecule has 0 N–H and O–H groups in total. The van der Waals surface area contributed by atoms with Crippen LogP contribution >= 0.6 is 0 Å². The Bertz CT molecular complexity index is 1080. The van der Waals surface area contributed by atoms with Gasteiger partial charge in [0.15, 0.2) is 0 Å². The highest BCUT2D eigenvalue weighted by molar-refractivity contribution is 5.69. The molecule has 6 nitrogen and oxygen atoms in total. The fourth-order valence-corrected chi connectivity index (χ4v) is 6.46. The van der Waals surface area contributed by atoms with Crippen LogP contribution in [0.1, 0.15) is 192 Å². The predicted molar refractivity (Wildman–Crippen MR) is 238 cm³/mol. The monoisotopic (exact) mass is 773 g/mol. The molecule has 0 heterocycles. The zero-order valence-corrected chi connectivity index (χ0v) is 38.5. The molecule has 6 rings (SSSR count). The lowest BCUT2D eigenvalue weighted by Gasteiger charge is -2.20. The van der Waals surface area contributed by atoms with Gasteiger partial charge in [-0.25, -0.2) is 0 Å². The fourth-order valence-electron chi connectivity index (χ4n) is 6.46. The molecule has 3 atom stereocenters. The second-order valence-corrected chi connectivity index (χ2v) is 13.0. The zero-order valence-electron chi connectivity index (χ0n) is 38.5. The minimum Gasteiger partial charge on any atom is -0.463 e. The number of rotatable bonds is 3. The molecule has 3 unspecified atom stereocenters. The van der Waals surface area contributed by atoms with Gasteiger partial charge in [0.1, 0.15) is 18.0 Å². The fraction of sp³-hybridized carbons (Fsp3) is 0.694. The van der Waals surface area contributed by atoms with Crippen LogP contribution in [0.3, 0.4) is 0 Å². The number of esters is 3. The average Bonchev–Trinajstić information content (AvgIpc) is 3.84. The van der Waals surface area contributed by atoms with E-state index in [0.717, 1.165) is 31.1 Å². The van der Waals surface area contributed by atoms with E-state index >= 15 is 0 Å². The highest BCUT2D eigenvalue weighted by Gasteiger charge is 2.41. The van der Waals surface area contributed by atoms with Crippen LogP contribution in [-0.2, 0) is 23.9 Å². The van der Waals surface area contributed by atoms with Gasteiger partial charge in [-0.05, 0) is 88.2 Å². The molecular weight excluding hydrogens is 685 g/mol. The lowest BCUT2D eigenvalue weighted by atomic mass is 9.91. The summed E-state index contributed by atoms with van der Waals surface area (Å²) in [4.78, 5) is 31.5. The van der Waals surface area contributed by atoms with Crippen LogP contribution < -0.4 is 4.74 Å². The molecule has 0 saturated heterocycles. The number of benzene rings is 2. The second kappa shape index (κ2) is 43.6. The summed E-state index contributed by atoms with van der Waals surface area (Å²) >= 11 is 0. The molecule has 0 aromatic heterocycles. The molecule has 4 aliphatic carbocycles. The van der Waals surface area contributed by atoms with Crippen molar-refractivity contribution >= 4 is 17.9 Å². The number of carbonyl (C=O) groups is 3. The third-order valence-corrected chi connectivity index (χ3v) is 8.71. The van der Waals surface area contributed by atoms with Crippen LogP contribution in [0.5, 0.6) is 5.75 Å². The molecule has 0 aliphatic heterocycles. The Balaban J connectivity index is -0.000000281. The summed E-state index contributed by atoms with van der Waals surface area (Å²) in [6.45, 7) is 28.8. The van der Waals surface area contributed by atoms with Crippen LogP contribution in [-0.4, -0.2) is 30.1 Å². The standard InChI is InChI=1S/C9H14O2.C8H14O2.C8H8O2.C7H14.C7H8.5C2H6/c1-6(10)11-9-5-7-2-3-8(9)4-7;2*1-7(9)10-8-5-3-2-4-6-8;2*1-7-5-3-2-4-6-7;5*1-2/h7-9H,2-5H2,1H3;8H,2-6H2,1H3;2-6H,1H3;7H,2-6H2,1H3;2-6H,1H3;5*1-2H3. The van der Waals surface area contributed by atoms with E-state index in [1.54, 1.807) is 12.1 Å². The van der Waals surface area contributed by atoms with Gasteiger partial charge in [-0.2, -0.15) is 0 Å². The summed E-state index contributed by atoms with van der Waals surface area (Å²) in [5, 5.41) is 0. The van der Waals surface area contributed by atoms with Gasteiger partial charge in [0.2, 0.25) is 0 Å². The Morgan fingerprint density at radius 3 is 1.25 bits per heavy atom. The van der Waals surface area contributed by atoms with E-state index < -0.39 is 0 Å². The number of para-hydroxylation sites is 1. The van der Waals surface area contributed by atoms with Gasteiger partial charge in [0, 0.05) is 20.8 Å². The second-order valence-electron chi connectivity index (χ2n) is 13.0. The molecule has 0 spiro atoms. The van der Waals surface area contributed by atoms with E-state index in [0.29, 0.717) is 11.7 Å². The number of aryl methyl sites for hydroxylation is 1. The highest BCUT2D eigenvalue weighted by atomic mass is 16.5. The summed E-state index contributed by atoms with van der Waals surface area (Å²) in [5.41, 5.74) is 1.32. The molecule has 6 heteroatoms. The van der Waals surface area contributed by atoms with Crippen molar-refractivity contribution in [2.45, 2.75) is 206 Å². The van der Waals surface area contributed by atoms with Crippen LogP contribution in [0.4, 0.5) is 0 Å². The molecule has 0 radical (unpaired) electrons. The number of ether oxygens (including phenoxy) is 3. The first kappa shape index (κ1) is 58.6. The Morgan fingerprint density at radius 1 is 0.509 bits per heavy atom. The van der Waals surface area contributed by atoms with Gasteiger partial charge in [0.25, 0.3) is 0 Å². The van der Waals surface area contributed by atoms with Gasteiger partial charge in [0.05, 0.1) is 0 Å². The first-order chi connectivity index (χ1) is 26.6. The maximum absolute atomic E-state index is 10.7. The van der Waals surface area contributed by atoms with Crippen molar-refractivity contribution < 1.29 is 28.6 Å². The van der Waals surface area contributed by atoms with Crippen molar-refractivity contribution in [1.82, 2.24) is 0 Å². The van der Waals surface area contributed by atoms with E-state index in [1.807, 2.05) is 106 Å². The molecule has 2 aromatic rings. The molecule has 0 amide bonds. The lowest BCUT2D eigenvalue weighted by molar-refractivity contribution is -0.149. The minimum absolute atomic E-state index is 0.109. The van der Waals surface area contributed by atoms with Crippen LogP contribution in [0, 0.1) is 24.7 Å². The van der Waals surface area contributed by atoms with Crippen molar-refractivity contribution in [3.05, 3.63) is 66.2 Å². The van der Waals surface area contributed by atoms with Crippen LogP contribution in [0.2, 0.25) is 0 Å². The summed E-state index contributed by atoms with van der Waals surface area (Å²) in [5.74, 6) is 2.66. The molecule has 4 aliphatic rings. The van der Waals surface area contributed by atoms with E-state index in [2.05, 4.69) is 26.0 Å². The number of fused-ring (bicyclic) bond motifs is 2. The highest BCUT2D eigenvalue weighted by Crippen LogP contribution is 2.45. The summed E-state index contributed by atoms with van der Waals surface area (Å²) in [7, 11) is 0. The Morgan fingerprint density at radius 2 is 0.945 bits per heavy atom. The Labute approximate surface area is 341 Å². The van der Waals surface area contributed by atoms with Crippen molar-refractivity contribution in [3.8, 4) is 5.75 Å². The molecule has 2 aromatic carbocycles. The average molecular weight is 773 g/mol. The first-order valence-electron chi connectivity index (χ1n) is 22.2. The minimum atomic E-state index is -0.286. The quantitative estimate of drug-likeness (QED) is 0.228. The summed E-state index contributed by atoms with van der Waals surface area (Å²) < 4.78 is 15.0. The number of hydrogen-bond donors (Lipinski definition) is 0. The molecule has 4 saturated carbocycles. The van der Waals surface area contributed by atoms with Gasteiger partial charge in [-0.15, -0.1) is 0 Å². The molecular formula is C49H88O6. The molecule has 320 valence electrons. The Hall–Kier alpha value is -3.15. The van der Waals surface area contributed by atoms with Gasteiger partial charge >= 0.3 is 17.9 Å². The van der Waals surface area contributed by atoms with Crippen molar-refractivity contribution in [2.24, 2.45) is 17.8 Å². The maximum atomic E-state index is 10.7. The number of carbonyl (C=O) groups excluding carboxylic acids is 3. The largest absolute Gasteiger partial charge is 0.463 e. The van der Waals surface area contributed by atoms with E-state index in [9.17, 15) is 14.4 Å². The third kappa shape index (κ3) is 36.3. The lowest BCUT2D eigenvalue weighted by Crippen LogP contribution is -2.22. The topological polar surface area (TPSA) is 78.9 Å². The summed E-state index contributed by atoms with van der Waals surface area (Å²) in [6, 6.07) is 19.2. The summed E-state index contributed by atoms with van der Waals surface area (Å²) in [6.07, 6.45) is 18.9. The third-order valence-electron chi connectivity index (χ3n) is 8.71. The smallest absolute Gasteiger partial charge is 0.308 e. The zero-order chi connectivity index (χ0) is 42.9. The van der Waals surface area contributed by atoms with Crippen molar-refractivity contribution in [1.29, 1.82) is 0 Å². The van der Waals surface area contributed by atoms with Crippen molar-refractivity contribution in [2.75, 3.05) is 0 Å². The maximum Gasteiger partial charge on any atom is 0.308 e. The van der Waals surface area contributed by atoms with Crippen molar-refractivity contribution in [3.63, 3.8) is 0 Å². The predicted octanol–water partition coefficient (Wildman–Crippen LogP) is 14.9. The molecule has 55 heavy (non-hydrogen) atoms. The molecule has 2 bridgehead atoms. The van der Waals surface area contributed by atoms with Gasteiger partial charge in [-0.1, -0.05) is 169 Å². The normalized spacial score (nSPS) is 18.4. The van der Waals surface area contributed by atoms with Gasteiger partial charge in [-0.3, -0.25) is 14.4 Å². The van der Waals surface area contributed by atoms with Gasteiger partial charge < -0.3 is 14.2 Å². The molecule has 4 fully saturated rings. The SMILES string of the molecule is CC.CC.CC.CC.CC.CC(=O)OC1CC2CCC1C2.CC(=O)OC1CCCCC1.CC(=O)Oc1ccccc1.CC1CCCCC1.Cc1ccccc1.